The van der Waals surface area contributed by atoms with Crippen molar-refractivity contribution in [1.29, 1.82) is 0 Å². The molecular formula is C24H28FN3O3. The third-order valence-electron chi connectivity index (χ3n) is 4.74. The number of alkyl carbamates (subject to hydrolysis) is 1. The fraction of sp³-hybridized carbons (Fsp3) is 0.375. The van der Waals surface area contributed by atoms with E-state index in [4.69, 9.17) is 4.74 Å². The van der Waals surface area contributed by atoms with E-state index < -0.39 is 23.6 Å². The van der Waals surface area contributed by atoms with Crippen LogP contribution < -0.4 is 10.6 Å². The molecule has 2 heterocycles. The van der Waals surface area contributed by atoms with E-state index >= 15 is 0 Å². The largest absolute Gasteiger partial charge is 0.444 e. The number of pyridine rings is 1. The zero-order chi connectivity index (χ0) is 22.6. The van der Waals surface area contributed by atoms with Gasteiger partial charge >= 0.3 is 6.09 Å². The number of aromatic nitrogens is 1. The number of halogens is 1. The molecule has 2 bridgehead atoms. The van der Waals surface area contributed by atoms with Gasteiger partial charge in [0.15, 0.2) is 0 Å². The van der Waals surface area contributed by atoms with Crippen molar-refractivity contribution in [1.82, 2.24) is 10.3 Å². The Kier molecular flexibility index (Phi) is 6.73. The quantitative estimate of drug-likeness (QED) is 0.601. The van der Waals surface area contributed by atoms with Crippen LogP contribution in [0.15, 0.2) is 48.7 Å². The SMILES string of the molecule is CC1/C=C/C[C@H](NC(=O)OC(C)(C)C)c2cc(ccn2)-c2cc(F)ccc2NC(=O)C1. The van der Waals surface area contributed by atoms with Gasteiger partial charge in [-0.05, 0) is 69.0 Å². The van der Waals surface area contributed by atoms with Crippen LogP contribution in [0.5, 0.6) is 0 Å². The minimum atomic E-state index is -0.629. The van der Waals surface area contributed by atoms with Crippen molar-refractivity contribution in [3.8, 4) is 11.1 Å². The number of amides is 2. The average molecular weight is 426 g/mol. The lowest BCUT2D eigenvalue weighted by molar-refractivity contribution is -0.116. The first-order chi connectivity index (χ1) is 14.6. The molecule has 0 spiro atoms. The van der Waals surface area contributed by atoms with E-state index in [1.54, 1.807) is 45.2 Å². The highest BCUT2D eigenvalue weighted by molar-refractivity contribution is 5.95. The first-order valence-corrected chi connectivity index (χ1v) is 10.3. The lowest BCUT2D eigenvalue weighted by Gasteiger charge is -2.23. The molecule has 31 heavy (non-hydrogen) atoms. The van der Waals surface area contributed by atoms with Crippen LogP contribution in [0, 0.1) is 11.7 Å². The molecule has 0 aliphatic carbocycles. The molecule has 2 aromatic rings. The van der Waals surface area contributed by atoms with Crippen molar-refractivity contribution in [2.45, 2.75) is 52.2 Å². The van der Waals surface area contributed by atoms with Gasteiger partial charge in [0.2, 0.25) is 5.91 Å². The Hall–Kier alpha value is -3.22. The Morgan fingerprint density at radius 3 is 2.77 bits per heavy atom. The summed E-state index contributed by atoms with van der Waals surface area (Å²) >= 11 is 0. The summed E-state index contributed by atoms with van der Waals surface area (Å²) in [4.78, 5) is 29.3. The Balaban J connectivity index is 2.03. The number of hydrogen-bond acceptors (Lipinski definition) is 4. The van der Waals surface area contributed by atoms with E-state index in [1.807, 2.05) is 19.1 Å². The van der Waals surface area contributed by atoms with Crippen LogP contribution in [0.2, 0.25) is 0 Å². The molecular weight excluding hydrogens is 397 g/mol. The molecule has 2 amide bonds. The van der Waals surface area contributed by atoms with Gasteiger partial charge in [-0.1, -0.05) is 19.1 Å². The molecule has 1 aliphatic heterocycles. The van der Waals surface area contributed by atoms with Crippen molar-refractivity contribution >= 4 is 17.7 Å². The number of rotatable bonds is 1. The van der Waals surface area contributed by atoms with E-state index in [0.29, 0.717) is 28.9 Å². The van der Waals surface area contributed by atoms with Crippen LogP contribution in [-0.4, -0.2) is 22.6 Å². The Labute approximate surface area is 181 Å². The Morgan fingerprint density at radius 2 is 2.03 bits per heavy atom. The molecule has 6 nitrogen and oxygen atoms in total. The number of nitrogens with one attached hydrogen (secondary N) is 2. The predicted molar refractivity (Wildman–Crippen MR) is 118 cm³/mol. The number of carbonyl (C=O) groups excluding carboxylic acids is 2. The van der Waals surface area contributed by atoms with Gasteiger partial charge in [-0.15, -0.1) is 0 Å². The summed E-state index contributed by atoms with van der Waals surface area (Å²) in [6, 6.07) is 7.35. The average Bonchev–Trinajstić information content (AvgIpc) is 2.67. The van der Waals surface area contributed by atoms with Gasteiger partial charge in [-0.3, -0.25) is 9.78 Å². The molecule has 1 unspecified atom stereocenters. The van der Waals surface area contributed by atoms with Crippen molar-refractivity contribution in [2.75, 3.05) is 5.32 Å². The molecule has 3 rings (SSSR count). The first-order valence-electron chi connectivity index (χ1n) is 10.3. The van der Waals surface area contributed by atoms with E-state index in [1.165, 1.54) is 12.1 Å². The number of fused-ring (bicyclic) bond motifs is 4. The summed E-state index contributed by atoms with van der Waals surface area (Å²) in [5.41, 5.74) is 1.74. The number of hydrogen-bond donors (Lipinski definition) is 2. The van der Waals surface area contributed by atoms with Crippen LogP contribution in [0.3, 0.4) is 0 Å². The normalized spacial score (nSPS) is 20.2. The van der Waals surface area contributed by atoms with Crippen molar-refractivity contribution in [2.24, 2.45) is 5.92 Å². The molecule has 2 atom stereocenters. The third-order valence-corrected chi connectivity index (χ3v) is 4.74. The fourth-order valence-corrected chi connectivity index (χ4v) is 3.38. The first kappa shape index (κ1) is 22.5. The van der Waals surface area contributed by atoms with Crippen LogP contribution in [-0.2, 0) is 9.53 Å². The lowest BCUT2D eigenvalue weighted by atomic mass is 10.0. The van der Waals surface area contributed by atoms with Crippen LogP contribution in [0.4, 0.5) is 14.9 Å². The maximum Gasteiger partial charge on any atom is 0.408 e. The monoisotopic (exact) mass is 425 g/mol. The second-order valence-corrected chi connectivity index (χ2v) is 8.75. The van der Waals surface area contributed by atoms with Gasteiger partial charge in [-0.25, -0.2) is 9.18 Å². The van der Waals surface area contributed by atoms with Gasteiger partial charge in [0.25, 0.3) is 0 Å². The Morgan fingerprint density at radius 1 is 1.26 bits per heavy atom. The highest BCUT2D eigenvalue weighted by Gasteiger charge is 2.22. The number of carbonyl (C=O) groups is 2. The fourth-order valence-electron chi connectivity index (χ4n) is 3.38. The van der Waals surface area contributed by atoms with Crippen molar-refractivity contribution in [3.05, 3.63) is 60.2 Å². The van der Waals surface area contributed by atoms with Gasteiger partial charge < -0.3 is 15.4 Å². The summed E-state index contributed by atoms with van der Waals surface area (Å²) < 4.78 is 19.4. The van der Waals surface area contributed by atoms with Crippen molar-refractivity contribution in [3.63, 3.8) is 0 Å². The highest BCUT2D eigenvalue weighted by atomic mass is 19.1. The topological polar surface area (TPSA) is 80.3 Å². The molecule has 2 N–H and O–H groups in total. The predicted octanol–water partition coefficient (Wildman–Crippen LogP) is 5.38. The second-order valence-electron chi connectivity index (χ2n) is 8.75. The number of allylic oxidation sites excluding steroid dienone is 1. The molecule has 7 heteroatoms. The van der Waals surface area contributed by atoms with E-state index in [0.717, 1.165) is 0 Å². The molecule has 0 radical (unpaired) electrons. The van der Waals surface area contributed by atoms with Crippen molar-refractivity contribution < 1.29 is 18.7 Å². The summed E-state index contributed by atoms with van der Waals surface area (Å²) in [5, 5.41) is 5.76. The number of anilines is 1. The van der Waals surface area contributed by atoms with Crippen LogP contribution in [0.25, 0.3) is 11.1 Å². The summed E-state index contributed by atoms with van der Waals surface area (Å²) in [6.45, 7) is 7.34. The molecule has 0 fully saturated rings. The summed E-state index contributed by atoms with van der Waals surface area (Å²) in [6.07, 6.45) is 5.69. The molecule has 0 saturated carbocycles. The number of benzene rings is 1. The minimum Gasteiger partial charge on any atom is -0.444 e. The summed E-state index contributed by atoms with van der Waals surface area (Å²) in [7, 11) is 0. The zero-order valence-corrected chi connectivity index (χ0v) is 18.2. The number of ether oxygens (including phenoxy) is 1. The lowest BCUT2D eigenvalue weighted by Crippen LogP contribution is -2.35. The molecule has 0 saturated heterocycles. The molecule has 164 valence electrons. The van der Waals surface area contributed by atoms with E-state index in [9.17, 15) is 14.0 Å². The third kappa shape index (κ3) is 6.38. The maximum atomic E-state index is 14.0. The summed E-state index contributed by atoms with van der Waals surface area (Å²) in [5.74, 6) is -0.570. The van der Waals surface area contributed by atoms with E-state index in [2.05, 4.69) is 15.6 Å². The minimum absolute atomic E-state index is 0.0112. The zero-order valence-electron chi connectivity index (χ0n) is 18.2. The standard InChI is InChI=1S/C24H28FN3O3/c1-15-6-5-7-20(28-23(30)31-24(2,3)4)21-13-16(10-11-26-21)18-14-17(25)8-9-19(18)27-22(29)12-15/h5-6,8-11,13-15,20H,7,12H2,1-4H3,(H,27,29)(H,28,30)/b6-5+/t15?,20-/m0/s1. The number of nitrogens with zero attached hydrogens (tertiary/aromatic N) is 1. The second kappa shape index (κ2) is 9.29. The van der Waals surface area contributed by atoms with Gasteiger partial charge in [0.05, 0.1) is 11.7 Å². The van der Waals surface area contributed by atoms with Crippen LogP contribution in [0.1, 0.15) is 52.3 Å². The van der Waals surface area contributed by atoms with Gasteiger partial charge in [0, 0.05) is 23.9 Å². The molecule has 1 aromatic heterocycles. The highest BCUT2D eigenvalue weighted by Crippen LogP contribution is 2.31. The maximum absolute atomic E-state index is 14.0. The van der Waals surface area contributed by atoms with E-state index in [-0.39, 0.29) is 18.2 Å². The smallest absolute Gasteiger partial charge is 0.408 e. The van der Waals surface area contributed by atoms with Gasteiger partial charge in [0.1, 0.15) is 11.4 Å². The van der Waals surface area contributed by atoms with Gasteiger partial charge in [-0.2, -0.15) is 0 Å². The van der Waals surface area contributed by atoms with Crippen LogP contribution >= 0.6 is 0 Å². The molecule has 1 aromatic carbocycles. The Bertz CT molecular complexity index is 998. The molecule has 1 aliphatic rings.